The summed E-state index contributed by atoms with van der Waals surface area (Å²) in [5.41, 5.74) is 1.22. The topological polar surface area (TPSA) is 57.8 Å². The van der Waals surface area contributed by atoms with Crippen LogP contribution in [0.4, 0.5) is 8.78 Å². The van der Waals surface area contributed by atoms with Gasteiger partial charge >= 0.3 is 0 Å². The number of alkyl halides is 2. The molecule has 0 bridgehead atoms. The molecule has 1 amide bonds. The zero-order chi connectivity index (χ0) is 17.8. The number of nitrogens with zero attached hydrogens (tertiary/aromatic N) is 1. The van der Waals surface area contributed by atoms with Crippen LogP contribution in [0.2, 0.25) is 5.02 Å². The van der Waals surface area contributed by atoms with Crippen LogP contribution in [0.3, 0.4) is 0 Å². The van der Waals surface area contributed by atoms with E-state index in [0.717, 1.165) is 4.90 Å². The minimum Gasteiger partial charge on any atom is -0.351 e. The van der Waals surface area contributed by atoms with Gasteiger partial charge < -0.3 is 10.3 Å². The summed E-state index contributed by atoms with van der Waals surface area (Å²) in [7, 11) is 0. The summed E-state index contributed by atoms with van der Waals surface area (Å²) >= 11 is 7.43. The fourth-order valence-corrected chi connectivity index (χ4v) is 3.13. The van der Waals surface area contributed by atoms with Gasteiger partial charge in [-0.3, -0.25) is 4.79 Å². The number of hydrogen-bond donors (Lipinski definition) is 2. The van der Waals surface area contributed by atoms with E-state index in [1.807, 2.05) is 24.3 Å². The lowest BCUT2D eigenvalue weighted by Gasteiger charge is -2.05. The van der Waals surface area contributed by atoms with Gasteiger partial charge in [0.2, 0.25) is 0 Å². The molecule has 1 heterocycles. The first kappa shape index (κ1) is 17.7. The molecule has 2 N–H and O–H groups in total. The van der Waals surface area contributed by atoms with Gasteiger partial charge in [-0.25, -0.2) is 13.8 Å². The van der Waals surface area contributed by atoms with E-state index in [1.54, 1.807) is 23.9 Å². The molecular weight excluding hydrogens is 368 g/mol. The van der Waals surface area contributed by atoms with Gasteiger partial charge in [-0.15, -0.1) is 11.8 Å². The van der Waals surface area contributed by atoms with Crippen LogP contribution in [0.1, 0.15) is 22.6 Å². The van der Waals surface area contributed by atoms with Crippen LogP contribution >= 0.6 is 23.4 Å². The SMILES string of the molecule is O=C(NCCSc1ccc(Cl)cc1)c1ccc2nc(C(F)F)[nH]c2c1. The predicted molar refractivity (Wildman–Crippen MR) is 95.6 cm³/mol. The maximum Gasteiger partial charge on any atom is 0.295 e. The Kier molecular flexibility index (Phi) is 5.55. The van der Waals surface area contributed by atoms with E-state index in [1.165, 1.54) is 6.07 Å². The number of rotatable bonds is 6. The highest BCUT2D eigenvalue weighted by Crippen LogP contribution is 2.21. The first-order chi connectivity index (χ1) is 12.0. The summed E-state index contributed by atoms with van der Waals surface area (Å²) < 4.78 is 25.3. The Labute approximate surface area is 152 Å². The van der Waals surface area contributed by atoms with Gasteiger partial charge in [0.1, 0.15) is 0 Å². The molecule has 1 aromatic heterocycles. The Balaban J connectivity index is 1.55. The molecule has 25 heavy (non-hydrogen) atoms. The third-order valence-corrected chi connectivity index (χ3v) is 4.70. The fourth-order valence-electron chi connectivity index (χ4n) is 2.24. The summed E-state index contributed by atoms with van der Waals surface area (Å²) in [4.78, 5) is 19.5. The lowest BCUT2D eigenvalue weighted by molar-refractivity contribution is 0.0956. The second-order valence-electron chi connectivity index (χ2n) is 5.21. The van der Waals surface area contributed by atoms with E-state index in [0.29, 0.717) is 33.9 Å². The van der Waals surface area contributed by atoms with Crippen molar-refractivity contribution in [2.24, 2.45) is 0 Å². The Morgan fingerprint density at radius 2 is 2.00 bits per heavy atom. The van der Waals surface area contributed by atoms with Crippen LogP contribution in [-0.4, -0.2) is 28.2 Å². The molecule has 0 aliphatic heterocycles. The molecule has 2 aromatic carbocycles. The molecule has 0 fully saturated rings. The van der Waals surface area contributed by atoms with Crippen molar-refractivity contribution in [1.82, 2.24) is 15.3 Å². The highest BCUT2D eigenvalue weighted by atomic mass is 35.5. The summed E-state index contributed by atoms with van der Waals surface area (Å²) in [5, 5.41) is 3.49. The monoisotopic (exact) mass is 381 g/mol. The summed E-state index contributed by atoms with van der Waals surface area (Å²) in [6, 6.07) is 12.1. The smallest absolute Gasteiger partial charge is 0.295 e. The van der Waals surface area contributed by atoms with Crippen molar-refractivity contribution in [2.45, 2.75) is 11.3 Å². The predicted octanol–water partition coefficient (Wildman–Crippen LogP) is 4.68. The molecule has 3 aromatic rings. The minimum atomic E-state index is -2.67. The maximum absolute atomic E-state index is 12.6. The van der Waals surface area contributed by atoms with Crippen LogP contribution in [0.5, 0.6) is 0 Å². The van der Waals surface area contributed by atoms with Crippen molar-refractivity contribution in [3.63, 3.8) is 0 Å². The zero-order valence-electron chi connectivity index (χ0n) is 12.9. The van der Waals surface area contributed by atoms with Gasteiger partial charge in [-0.2, -0.15) is 0 Å². The van der Waals surface area contributed by atoms with Crippen LogP contribution < -0.4 is 5.32 Å². The van der Waals surface area contributed by atoms with Gasteiger partial charge in [0, 0.05) is 27.8 Å². The van der Waals surface area contributed by atoms with Crippen molar-refractivity contribution < 1.29 is 13.6 Å². The molecule has 0 saturated heterocycles. The van der Waals surface area contributed by atoms with Crippen LogP contribution in [-0.2, 0) is 0 Å². The van der Waals surface area contributed by atoms with Crippen molar-refractivity contribution in [2.75, 3.05) is 12.3 Å². The molecule has 4 nitrogen and oxygen atoms in total. The number of thioether (sulfide) groups is 1. The number of halogens is 3. The third-order valence-electron chi connectivity index (χ3n) is 3.44. The number of aromatic amines is 1. The van der Waals surface area contributed by atoms with Gasteiger partial charge in [-0.05, 0) is 42.5 Å². The Bertz CT molecular complexity index is 883. The quantitative estimate of drug-likeness (QED) is 0.481. The number of carbonyl (C=O) groups is 1. The summed E-state index contributed by atoms with van der Waals surface area (Å²) in [5.74, 6) is 0.0496. The van der Waals surface area contributed by atoms with Crippen molar-refractivity contribution in [3.8, 4) is 0 Å². The first-order valence-electron chi connectivity index (χ1n) is 7.47. The summed E-state index contributed by atoms with van der Waals surface area (Å²) in [6.45, 7) is 0.482. The van der Waals surface area contributed by atoms with Gasteiger partial charge in [0.15, 0.2) is 5.82 Å². The zero-order valence-corrected chi connectivity index (χ0v) is 14.5. The van der Waals surface area contributed by atoms with Crippen molar-refractivity contribution >= 4 is 40.3 Å². The molecule has 0 aliphatic carbocycles. The number of aromatic nitrogens is 2. The second kappa shape index (κ2) is 7.84. The lowest BCUT2D eigenvalue weighted by Crippen LogP contribution is -2.25. The molecule has 0 atom stereocenters. The van der Waals surface area contributed by atoms with E-state index >= 15 is 0 Å². The highest BCUT2D eigenvalue weighted by Gasteiger charge is 2.14. The van der Waals surface area contributed by atoms with Crippen LogP contribution in [0.15, 0.2) is 47.4 Å². The highest BCUT2D eigenvalue weighted by molar-refractivity contribution is 7.99. The number of carbonyl (C=O) groups excluding carboxylic acids is 1. The van der Waals surface area contributed by atoms with Gasteiger partial charge in [-0.1, -0.05) is 11.6 Å². The Morgan fingerprint density at radius 3 is 2.72 bits per heavy atom. The number of benzene rings is 2. The number of nitrogens with one attached hydrogen (secondary N) is 2. The molecule has 0 aliphatic rings. The number of hydrogen-bond acceptors (Lipinski definition) is 3. The average molecular weight is 382 g/mol. The Morgan fingerprint density at radius 1 is 1.24 bits per heavy atom. The number of fused-ring (bicyclic) bond motifs is 1. The van der Waals surface area contributed by atoms with E-state index in [9.17, 15) is 13.6 Å². The summed E-state index contributed by atoms with van der Waals surface area (Å²) in [6.07, 6.45) is -2.67. The van der Waals surface area contributed by atoms with Gasteiger partial charge in [0.05, 0.1) is 11.0 Å². The molecule has 0 spiro atoms. The fraction of sp³-hybridized carbons (Fsp3) is 0.176. The van der Waals surface area contributed by atoms with Gasteiger partial charge in [0.25, 0.3) is 12.3 Å². The van der Waals surface area contributed by atoms with Crippen LogP contribution in [0.25, 0.3) is 11.0 Å². The first-order valence-corrected chi connectivity index (χ1v) is 8.83. The molecule has 8 heteroatoms. The second-order valence-corrected chi connectivity index (χ2v) is 6.82. The molecular formula is C17H14ClF2N3OS. The van der Waals surface area contributed by atoms with E-state index in [4.69, 9.17) is 11.6 Å². The average Bonchev–Trinajstić information content (AvgIpc) is 3.03. The molecule has 0 saturated carbocycles. The number of H-pyrrole nitrogens is 1. The van der Waals surface area contributed by atoms with Crippen molar-refractivity contribution in [3.05, 3.63) is 58.9 Å². The Hall–Kier alpha value is -2.12. The molecule has 3 rings (SSSR count). The number of amides is 1. The van der Waals surface area contributed by atoms with E-state index in [-0.39, 0.29) is 5.91 Å². The molecule has 0 radical (unpaired) electrons. The maximum atomic E-state index is 12.6. The normalized spacial score (nSPS) is 11.2. The molecule has 130 valence electrons. The largest absolute Gasteiger partial charge is 0.351 e. The van der Waals surface area contributed by atoms with Crippen LogP contribution in [0, 0.1) is 0 Å². The van der Waals surface area contributed by atoms with E-state index < -0.39 is 12.2 Å². The van der Waals surface area contributed by atoms with E-state index in [2.05, 4.69) is 15.3 Å². The number of imidazole rings is 1. The standard InChI is InChI=1S/C17H14ClF2N3OS/c18-11-2-4-12(5-3-11)25-8-7-21-17(24)10-1-6-13-14(9-10)23-16(22-13)15(19)20/h1-6,9,15H,7-8H2,(H,21,24)(H,22,23). The molecule has 0 unspecified atom stereocenters. The minimum absolute atomic E-state index is 0.258. The van der Waals surface area contributed by atoms with Crippen molar-refractivity contribution in [1.29, 1.82) is 0 Å². The lowest BCUT2D eigenvalue weighted by atomic mass is 10.2. The third kappa shape index (κ3) is 4.49.